The van der Waals surface area contributed by atoms with Gasteiger partial charge in [0.25, 0.3) is 0 Å². The highest BCUT2D eigenvalue weighted by atomic mass is 16.4. The summed E-state index contributed by atoms with van der Waals surface area (Å²) in [6.45, 7) is 1.75. The second-order valence-electron chi connectivity index (χ2n) is 6.16. The Balaban J connectivity index is 1.78. The fourth-order valence-corrected chi connectivity index (χ4v) is 4.42. The number of carbonyl (C=O) groups excluding carboxylic acids is 1. The lowest BCUT2D eigenvalue weighted by molar-refractivity contribution is -0.118. The summed E-state index contributed by atoms with van der Waals surface area (Å²) in [5, 5.41) is 0. The molecule has 4 atom stereocenters. The molecule has 19 heavy (non-hydrogen) atoms. The zero-order valence-corrected chi connectivity index (χ0v) is 10.9. The van der Waals surface area contributed by atoms with Crippen molar-refractivity contribution < 1.29 is 9.21 Å². The van der Waals surface area contributed by atoms with Gasteiger partial charge in [-0.15, -0.1) is 0 Å². The van der Waals surface area contributed by atoms with Gasteiger partial charge in [0, 0.05) is 17.6 Å². The number of carbonyl (C=O) groups is 1. The van der Waals surface area contributed by atoms with Crippen molar-refractivity contribution in [1.29, 1.82) is 0 Å². The highest BCUT2D eigenvalue weighted by Crippen LogP contribution is 2.57. The van der Waals surface area contributed by atoms with Gasteiger partial charge in [-0.3, -0.25) is 4.79 Å². The van der Waals surface area contributed by atoms with Crippen molar-refractivity contribution in [2.75, 3.05) is 0 Å². The molecule has 1 heterocycles. The largest absolute Gasteiger partial charge is 0.428 e. The van der Waals surface area contributed by atoms with Crippen LogP contribution in [-0.2, 0) is 4.79 Å². The first kappa shape index (κ1) is 11.2. The van der Waals surface area contributed by atoms with Crippen LogP contribution in [0.5, 0.6) is 0 Å². The van der Waals surface area contributed by atoms with E-state index in [0.717, 1.165) is 11.1 Å². The lowest BCUT2D eigenvalue weighted by atomic mass is 9.81. The summed E-state index contributed by atoms with van der Waals surface area (Å²) in [5.74, 6) is 2.71. The SMILES string of the molecule is Cc1cc(C2=C[C@@H]3[C@H]4CC[C@H](C4)[C@@H]3C2=O)cc(=O)o1. The number of rotatable bonds is 1. The Kier molecular flexibility index (Phi) is 2.17. The molecule has 3 nitrogen and oxygen atoms in total. The van der Waals surface area contributed by atoms with Crippen LogP contribution in [0.4, 0.5) is 0 Å². The summed E-state index contributed by atoms with van der Waals surface area (Å²) in [7, 11) is 0. The van der Waals surface area contributed by atoms with Gasteiger partial charge in [0.1, 0.15) is 5.76 Å². The minimum Gasteiger partial charge on any atom is -0.428 e. The lowest BCUT2D eigenvalue weighted by Gasteiger charge is -2.22. The Hall–Kier alpha value is -1.64. The van der Waals surface area contributed by atoms with Gasteiger partial charge in [0.05, 0.1) is 0 Å². The van der Waals surface area contributed by atoms with E-state index in [1.165, 1.54) is 25.3 Å². The fraction of sp³-hybridized carbons (Fsp3) is 0.500. The van der Waals surface area contributed by atoms with Crippen molar-refractivity contribution >= 4 is 11.4 Å². The highest BCUT2D eigenvalue weighted by molar-refractivity contribution is 6.24. The second-order valence-corrected chi connectivity index (χ2v) is 6.16. The molecule has 3 aliphatic rings. The molecule has 0 aliphatic heterocycles. The average molecular weight is 256 g/mol. The van der Waals surface area contributed by atoms with E-state index in [2.05, 4.69) is 6.08 Å². The first-order valence-corrected chi connectivity index (χ1v) is 7.01. The van der Waals surface area contributed by atoms with Crippen LogP contribution in [-0.4, -0.2) is 5.78 Å². The zero-order chi connectivity index (χ0) is 13.1. The van der Waals surface area contributed by atoms with E-state index in [9.17, 15) is 9.59 Å². The number of allylic oxidation sites excluding steroid dienone is 2. The van der Waals surface area contributed by atoms with Crippen LogP contribution in [0, 0.1) is 30.6 Å². The van der Waals surface area contributed by atoms with Gasteiger partial charge in [-0.2, -0.15) is 0 Å². The molecule has 98 valence electrons. The maximum absolute atomic E-state index is 12.6. The Bertz CT molecular complexity index is 652. The number of aryl methyl sites for hydroxylation is 1. The van der Waals surface area contributed by atoms with Gasteiger partial charge in [-0.05, 0) is 55.6 Å². The van der Waals surface area contributed by atoms with Crippen LogP contribution < -0.4 is 5.63 Å². The van der Waals surface area contributed by atoms with E-state index in [0.29, 0.717) is 23.5 Å². The molecule has 2 fully saturated rings. The van der Waals surface area contributed by atoms with Crippen molar-refractivity contribution in [3.8, 4) is 0 Å². The number of ketones is 1. The van der Waals surface area contributed by atoms with E-state index in [4.69, 9.17) is 4.42 Å². The quantitative estimate of drug-likeness (QED) is 0.776. The zero-order valence-electron chi connectivity index (χ0n) is 10.9. The molecule has 2 bridgehead atoms. The number of hydrogen-bond acceptors (Lipinski definition) is 3. The standard InChI is InChI=1S/C16H16O3/c1-8-4-11(6-14(17)19-8)13-7-12-9-2-3-10(5-9)15(12)16(13)18/h4,6-7,9-10,12,15H,2-3,5H2,1H3/t9-,10+,12+,15-/m0/s1. The summed E-state index contributed by atoms with van der Waals surface area (Å²) in [5.41, 5.74) is 1.12. The predicted octanol–water partition coefficient (Wildman–Crippen LogP) is 2.58. The highest BCUT2D eigenvalue weighted by Gasteiger charge is 2.53. The van der Waals surface area contributed by atoms with Crippen molar-refractivity contribution in [2.45, 2.75) is 26.2 Å². The van der Waals surface area contributed by atoms with Crippen molar-refractivity contribution in [3.05, 3.63) is 40.0 Å². The lowest BCUT2D eigenvalue weighted by Crippen LogP contribution is -2.23. The van der Waals surface area contributed by atoms with Gasteiger partial charge in [0.2, 0.25) is 0 Å². The first-order valence-electron chi connectivity index (χ1n) is 7.01. The minimum absolute atomic E-state index is 0.196. The summed E-state index contributed by atoms with van der Waals surface area (Å²) < 4.78 is 4.97. The first-order chi connectivity index (χ1) is 9.13. The topological polar surface area (TPSA) is 47.3 Å². The third-order valence-corrected chi connectivity index (χ3v) is 5.11. The van der Waals surface area contributed by atoms with Gasteiger partial charge in [-0.1, -0.05) is 6.08 Å². The van der Waals surface area contributed by atoms with Crippen LogP contribution in [0.2, 0.25) is 0 Å². The maximum atomic E-state index is 12.6. The van der Waals surface area contributed by atoms with Gasteiger partial charge in [-0.25, -0.2) is 4.79 Å². The molecule has 0 aromatic carbocycles. The Morgan fingerprint density at radius 3 is 2.68 bits per heavy atom. The van der Waals surface area contributed by atoms with Crippen molar-refractivity contribution in [1.82, 2.24) is 0 Å². The molecule has 0 radical (unpaired) electrons. The van der Waals surface area contributed by atoms with Gasteiger partial charge in [0.15, 0.2) is 5.78 Å². The molecule has 4 rings (SSSR count). The van der Waals surface area contributed by atoms with Crippen LogP contribution in [0.15, 0.2) is 27.4 Å². The Morgan fingerprint density at radius 2 is 1.95 bits per heavy atom. The van der Waals surface area contributed by atoms with Crippen LogP contribution in [0.25, 0.3) is 5.57 Å². The summed E-state index contributed by atoms with van der Waals surface area (Å²) in [4.78, 5) is 24.1. The molecule has 3 aliphatic carbocycles. The summed E-state index contributed by atoms with van der Waals surface area (Å²) >= 11 is 0. The van der Waals surface area contributed by atoms with E-state index >= 15 is 0 Å². The summed E-state index contributed by atoms with van der Waals surface area (Å²) in [6.07, 6.45) is 5.82. The van der Waals surface area contributed by atoms with Gasteiger partial charge < -0.3 is 4.42 Å². The Labute approximate surface area is 111 Å². The maximum Gasteiger partial charge on any atom is 0.336 e. The van der Waals surface area contributed by atoms with E-state index in [-0.39, 0.29) is 17.3 Å². The molecule has 2 saturated carbocycles. The second kappa shape index (κ2) is 3.69. The number of Topliss-reactive ketones (excluding diaryl/α,β-unsaturated/α-hetero) is 1. The van der Waals surface area contributed by atoms with Crippen molar-refractivity contribution in [3.63, 3.8) is 0 Å². The van der Waals surface area contributed by atoms with E-state index in [1.54, 1.807) is 13.0 Å². The number of fused-ring (bicyclic) bond motifs is 5. The smallest absolute Gasteiger partial charge is 0.336 e. The third kappa shape index (κ3) is 1.50. The van der Waals surface area contributed by atoms with E-state index < -0.39 is 0 Å². The minimum atomic E-state index is -0.372. The molecule has 0 saturated heterocycles. The molecular weight excluding hydrogens is 240 g/mol. The van der Waals surface area contributed by atoms with Gasteiger partial charge >= 0.3 is 5.63 Å². The molecule has 0 amide bonds. The molecule has 0 N–H and O–H groups in total. The molecule has 1 aromatic heterocycles. The summed E-state index contributed by atoms with van der Waals surface area (Å²) in [6, 6.07) is 3.24. The molecular formula is C16H16O3. The molecule has 0 spiro atoms. The van der Waals surface area contributed by atoms with Crippen LogP contribution >= 0.6 is 0 Å². The van der Waals surface area contributed by atoms with Crippen LogP contribution in [0.3, 0.4) is 0 Å². The number of hydrogen-bond donors (Lipinski definition) is 0. The fourth-order valence-electron chi connectivity index (χ4n) is 4.42. The molecule has 1 aromatic rings. The molecule has 0 unspecified atom stereocenters. The predicted molar refractivity (Wildman–Crippen MR) is 70.5 cm³/mol. The average Bonchev–Trinajstić information content (AvgIpc) is 3.00. The Morgan fingerprint density at radius 1 is 1.16 bits per heavy atom. The monoisotopic (exact) mass is 256 g/mol. The van der Waals surface area contributed by atoms with E-state index in [1.807, 2.05) is 0 Å². The normalized spacial score (nSPS) is 35.6. The molecule has 3 heteroatoms. The van der Waals surface area contributed by atoms with Crippen LogP contribution in [0.1, 0.15) is 30.6 Å². The third-order valence-electron chi connectivity index (χ3n) is 5.11. The van der Waals surface area contributed by atoms with Crippen molar-refractivity contribution in [2.24, 2.45) is 23.7 Å².